The molecule has 144 valence electrons. The van der Waals surface area contributed by atoms with Crippen LogP contribution in [0.3, 0.4) is 0 Å². The van der Waals surface area contributed by atoms with Crippen molar-refractivity contribution in [2.24, 2.45) is 12.0 Å². The molecule has 0 atom stereocenters. The summed E-state index contributed by atoms with van der Waals surface area (Å²) < 4.78 is 12.7. The summed E-state index contributed by atoms with van der Waals surface area (Å²) in [6, 6.07) is 3.78. The number of guanidine groups is 1. The number of ether oxygens (including phenoxy) is 1. The Morgan fingerprint density at radius 1 is 1.46 bits per heavy atom. The number of rotatable bonds is 9. The van der Waals surface area contributed by atoms with Gasteiger partial charge in [-0.15, -0.1) is 0 Å². The molecule has 2 aromatic rings. The molecule has 0 bridgehead atoms. The van der Waals surface area contributed by atoms with Crippen molar-refractivity contribution in [3.63, 3.8) is 0 Å². The van der Waals surface area contributed by atoms with E-state index in [0.29, 0.717) is 19.1 Å². The first-order valence-electron chi connectivity index (χ1n) is 9.05. The topological polar surface area (TPSA) is 67.8 Å². The molecule has 0 aliphatic carbocycles. The molecule has 0 amide bonds. The second-order valence-electron chi connectivity index (χ2n) is 6.68. The molecular formula is C19H31N5O2. The van der Waals surface area contributed by atoms with Crippen molar-refractivity contribution in [1.82, 2.24) is 20.0 Å². The molecule has 26 heavy (non-hydrogen) atoms. The van der Waals surface area contributed by atoms with Crippen LogP contribution in [-0.2, 0) is 24.9 Å². The lowest BCUT2D eigenvalue weighted by Crippen LogP contribution is -2.39. The zero-order valence-corrected chi connectivity index (χ0v) is 16.5. The lowest BCUT2D eigenvalue weighted by molar-refractivity contribution is 0.104. The summed E-state index contributed by atoms with van der Waals surface area (Å²) in [5, 5.41) is 7.95. The molecule has 0 saturated heterocycles. The molecule has 1 N–H and O–H groups in total. The fourth-order valence-electron chi connectivity index (χ4n) is 2.82. The number of aromatic nitrogens is 2. The molecule has 0 aliphatic heterocycles. The highest BCUT2D eigenvalue weighted by molar-refractivity contribution is 5.79. The van der Waals surface area contributed by atoms with Crippen LogP contribution in [-0.4, -0.2) is 47.9 Å². The number of aryl methyl sites for hydroxylation is 1. The van der Waals surface area contributed by atoms with Crippen molar-refractivity contribution >= 4 is 5.96 Å². The second-order valence-corrected chi connectivity index (χ2v) is 6.68. The molecule has 7 nitrogen and oxygen atoms in total. The third-order valence-electron chi connectivity index (χ3n) is 4.04. The summed E-state index contributed by atoms with van der Waals surface area (Å²) in [6.45, 7) is 7.10. The molecule has 2 rings (SSSR count). The first-order valence-corrected chi connectivity index (χ1v) is 9.05. The zero-order valence-electron chi connectivity index (χ0n) is 16.5. The molecular weight excluding hydrogens is 330 g/mol. The quantitative estimate of drug-likeness (QED) is 0.423. The molecule has 0 spiro atoms. The number of hydrogen-bond acceptors (Lipinski definition) is 4. The number of nitrogens with one attached hydrogen (secondary N) is 1. The van der Waals surface area contributed by atoms with Crippen molar-refractivity contribution in [3.05, 3.63) is 41.6 Å². The van der Waals surface area contributed by atoms with Gasteiger partial charge >= 0.3 is 0 Å². The van der Waals surface area contributed by atoms with Gasteiger partial charge < -0.3 is 19.4 Å². The van der Waals surface area contributed by atoms with Gasteiger partial charge in [-0.3, -0.25) is 9.67 Å². The number of aliphatic imine (C=N–C) groups is 1. The summed E-state index contributed by atoms with van der Waals surface area (Å²) in [7, 11) is 5.81. The van der Waals surface area contributed by atoms with Crippen LogP contribution in [0.15, 0.2) is 34.0 Å². The van der Waals surface area contributed by atoms with Gasteiger partial charge in [-0.2, -0.15) is 5.10 Å². The highest BCUT2D eigenvalue weighted by atomic mass is 16.5. The zero-order chi connectivity index (χ0) is 18.9. The fourth-order valence-corrected chi connectivity index (χ4v) is 2.82. The van der Waals surface area contributed by atoms with Crippen LogP contribution >= 0.6 is 0 Å². The van der Waals surface area contributed by atoms with Gasteiger partial charge in [0.15, 0.2) is 5.96 Å². The Bertz CT molecular complexity index is 676. The second kappa shape index (κ2) is 10.0. The Labute approximate surface area is 156 Å². The molecule has 7 heteroatoms. The average molecular weight is 361 g/mol. The van der Waals surface area contributed by atoms with Gasteiger partial charge in [0.25, 0.3) is 0 Å². The van der Waals surface area contributed by atoms with Crippen molar-refractivity contribution in [2.75, 3.05) is 27.2 Å². The number of nitrogens with zero attached hydrogens (tertiary/aromatic N) is 4. The van der Waals surface area contributed by atoms with Gasteiger partial charge in [-0.1, -0.05) is 13.8 Å². The summed E-state index contributed by atoms with van der Waals surface area (Å²) in [5.74, 6) is 2.13. The van der Waals surface area contributed by atoms with Crippen molar-refractivity contribution in [2.45, 2.75) is 39.3 Å². The summed E-state index contributed by atoms with van der Waals surface area (Å²) in [4.78, 5) is 6.49. The molecule has 0 fully saturated rings. The highest BCUT2D eigenvalue weighted by Gasteiger charge is 2.14. The standard InChI is InChI=1S/C19H31N5O2/c1-15(2)18-16(13-24(5)22-18)12-23(4)19(20-3)21-9-7-10-25-14-17-8-6-11-26-17/h6,8,11,13,15H,7,9-10,12,14H2,1-5H3,(H,20,21). The van der Waals surface area contributed by atoms with E-state index in [9.17, 15) is 0 Å². The van der Waals surface area contributed by atoms with E-state index in [1.165, 1.54) is 5.56 Å². The lowest BCUT2D eigenvalue weighted by Gasteiger charge is -2.22. The molecule has 2 aromatic heterocycles. The average Bonchev–Trinajstić information content (AvgIpc) is 3.23. The normalized spacial score (nSPS) is 12.0. The summed E-state index contributed by atoms with van der Waals surface area (Å²) in [5.41, 5.74) is 2.37. The minimum atomic E-state index is 0.404. The Kier molecular flexibility index (Phi) is 7.72. The van der Waals surface area contributed by atoms with Crippen molar-refractivity contribution < 1.29 is 9.15 Å². The maximum atomic E-state index is 5.60. The Morgan fingerprint density at radius 2 is 2.27 bits per heavy atom. The monoisotopic (exact) mass is 361 g/mol. The summed E-state index contributed by atoms with van der Waals surface area (Å²) in [6.07, 6.45) is 4.65. The molecule has 0 radical (unpaired) electrons. The molecule has 0 aromatic carbocycles. The van der Waals surface area contributed by atoms with Crippen LogP contribution in [0.2, 0.25) is 0 Å². The third-order valence-corrected chi connectivity index (χ3v) is 4.04. The number of hydrogen-bond donors (Lipinski definition) is 1. The van der Waals surface area contributed by atoms with E-state index >= 15 is 0 Å². The van der Waals surface area contributed by atoms with Gasteiger partial charge in [0.1, 0.15) is 12.4 Å². The molecule has 0 aliphatic rings. The first kappa shape index (κ1) is 20.0. The Hall–Kier alpha value is -2.28. The van der Waals surface area contributed by atoms with Gasteiger partial charge in [0.05, 0.1) is 12.0 Å². The van der Waals surface area contributed by atoms with Gasteiger partial charge in [0.2, 0.25) is 0 Å². The van der Waals surface area contributed by atoms with Crippen LogP contribution < -0.4 is 5.32 Å². The van der Waals surface area contributed by atoms with Crippen LogP contribution in [0.4, 0.5) is 0 Å². The molecule has 0 saturated carbocycles. The van der Waals surface area contributed by atoms with E-state index in [1.54, 1.807) is 13.3 Å². The summed E-state index contributed by atoms with van der Waals surface area (Å²) >= 11 is 0. The Morgan fingerprint density at radius 3 is 2.92 bits per heavy atom. The predicted octanol–water partition coefficient (Wildman–Crippen LogP) is 2.75. The van der Waals surface area contributed by atoms with E-state index in [0.717, 1.165) is 36.9 Å². The van der Waals surface area contributed by atoms with Crippen molar-refractivity contribution in [3.8, 4) is 0 Å². The minimum Gasteiger partial charge on any atom is -0.467 e. The lowest BCUT2D eigenvalue weighted by atomic mass is 10.1. The largest absolute Gasteiger partial charge is 0.467 e. The predicted molar refractivity (Wildman–Crippen MR) is 103 cm³/mol. The molecule has 0 unspecified atom stereocenters. The third kappa shape index (κ3) is 5.91. The van der Waals surface area contributed by atoms with Gasteiger partial charge in [0, 0.05) is 52.6 Å². The fraction of sp³-hybridized carbons (Fsp3) is 0.579. The number of furan rings is 1. The van der Waals surface area contributed by atoms with E-state index in [-0.39, 0.29) is 0 Å². The van der Waals surface area contributed by atoms with E-state index in [1.807, 2.05) is 30.9 Å². The molecule has 2 heterocycles. The highest BCUT2D eigenvalue weighted by Crippen LogP contribution is 2.18. The Balaban J connectivity index is 1.73. The van der Waals surface area contributed by atoms with Crippen LogP contribution in [0, 0.1) is 0 Å². The van der Waals surface area contributed by atoms with Gasteiger partial charge in [-0.05, 0) is 24.5 Å². The van der Waals surface area contributed by atoms with Crippen LogP contribution in [0.1, 0.15) is 43.2 Å². The van der Waals surface area contributed by atoms with Crippen LogP contribution in [0.5, 0.6) is 0 Å². The van der Waals surface area contributed by atoms with Crippen molar-refractivity contribution in [1.29, 1.82) is 0 Å². The van der Waals surface area contributed by atoms with E-state index in [2.05, 4.69) is 40.4 Å². The smallest absolute Gasteiger partial charge is 0.193 e. The van der Waals surface area contributed by atoms with E-state index in [4.69, 9.17) is 9.15 Å². The van der Waals surface area contributed by atoms with E-state index < -0.39 is 0 Å². The minimum absolute atomic E-state index is 0.404. The maximum absolute atomic E-state index is 5.60. The maximum Gasteiger partial charge on any atom is 0.193 e. The van der Waals surface area contributed by atoms with Gasteiger partial charge in [-0.25, -0.2) is 0 Å². The first-order chi connectivity index (χ1) is 12.5. The van der Waals surface area contributed by atoms with Crippen LogP contribution in [0.25, 0.3) is 0 Å². The SMILES string of the molecule is CN=C(NCCCOCc1ccco1)N(C)Cc1cn(C)nc1C(C)C.